The minimum Gasteiger partial charge on any atom is -0.496 e. The highest BCUT2D eigenvalue weighted by molar-refractivity contribution is 7.67. The number of aliphatic hydroxyl groups excluding tert-OH is 1. The van der Waals surface area contributed by atoms with Gasteiger partial charge in [-0.3, -0.25) is 0 Å². The number of methoxy groups -OCH3 is 2. The van der Waals surface area contributed by atoms with Gasteiger partial charge in [-0.15, -0.1) is 0 Å². The number of hydrogen-bond donors (Lipinski definition) is 1. The molecule has 168 valence electrons. The summed E-state index contributed by atoms with van der Waals surface area (Å²) in [6.45, 7) is 0.0694. The van der Waals surface area contributed by atoms with Crippen LogP contribution in [0.5, 0.6) is 11.5 Å². The molecule has 0 saturated heterocycles. The van der Waals surface area contributed by atoms with E-state index in [1.54, 1.807) is 0 Å². The molecule has 4 heteroatoms. The topological polar surface area (TPSA) is 38.7 Å². The van der Waals surface area contributed by atoms with Crippen LogP contribution < -0.4 is 14.8 Å². The van der Waals surface area contributed by atoms with E-state index in [9.17, 15) is 5.11 Å². The average Bonchev–Trinajstić information content (AvgIpc) is 2.85. The fourth-order valence-corrected chi connectivity index (χ4v) is 9.60. The molecule has 31 heavy (non-hydrogen) atoms. The summed E-state index contributed by atoms with van der Waals surface area (Å²) < 4.78 is 12.2. The Morgan fingerprint density at radius 2 is 1.35 bits per heavy atom. The fourth-order valence-electron chi connectivity index (χ4n) is 5.57. The Labute approximate surface area is 188 Å². The summed E-state index contributed by atoms with van der Waals surface area (Å²) in [5, 5.41) is 10.8. The van der Waals surface area contributed by atoms with Gasteiger partial charge in [-0.25, -0.2) is 0 Å². The van der Waals surface area contributed by atoms with Crippen molar-refractivity contribution in [3.8, 4) is 22.6 Å². The molecular weight excluding hydrogens is 403 g/mol. The summed E-state index contributed by atoms with van der Waals surface area (Å²) in [6, 6.07) is 12.5. The maximum absolute atomic E-state index is 9.43. The highest BCUT2D eigenvalue weighted by Crippen LogP contribution is 2.58. The molecule has 2 aromatic carbocycles. The molecule has 2 aliphatic carbocycles. The van der Waals surface area contributed by atoms with Crippen LogP contribution in [0.3, 0.4) is 0 Å². The molecule has 2 saturated carbocycles. The Morgan fingerprint density at radius 1 is 0.774 bits per heavy atom. The number of ether oxygens (including phenoxy) is 2. The molecule has 0 radical (unpaired) electrons. The van der Waals surface area contributed by atoms with Crippen LogP contribution in [0.1, 0.15) is 69.8 Å². The van der Waals surface area contributed by atoms with Crippen molar-refractivity contribution in [2.24, 2.45) is 0 Å². The first-order valence-corrected chi connectivity index (χ1v) is 13.5. The van der Waals surface area contributed by atoms with Gasteiger partial charge in [0.2, 0.25) is 0 Å². The Bertz CT molecular complexity index is 818. The van der Waals surface area contributed by atoms with E-state index in [4.69, 9.17) is 9.47 Å². The molecule has 0 atom stereocenters. The number of rotatable bonds is 7. The summed E-state index contributed by atoms with van der Waals surface area (Å²) in [6.07, 6.45) is 13.6. The molecule has 0 amide bonds. The summed E-state index contributed by atoms with van der Waals surface area (Å²) in [7, 11) is 3.28. The van der Waals surface area contributed by atoms with Crippen molar-refractivity contribution < 1.29 is 14.6 Å². The van der Waals surface area contributed by atoms with Crippen LogP contribution in [-0.4, -0.2) is 30.6 Å². The second kappa shape index (κ2) is 10.8. The highest BCUT2D eigenvalue weighted by Gasteiger charge is 2.36. The van der Waals surface area contributed by atoms with Gasteiger partial charge in [-0.2, -0.15) is 0 Å². The Hall–Kier alpha value is -1.57. The number of aliphatic hydroxyl groups is 1. The largest absolute Gasteiger partial charge is 0.496 e. The van der Waals surface area contributed by atoms with Crippen LogP contribution in [0, 0.1) is 0 Å². The SMILES string of the molecule is COc1ccc(-c2ccc(CO)cc2)c(OC)c1P(C1CCCCC1)C1CCCCC1. The zero-order valence-corrected chi connectivity index (χ0v) is 20.0. The smallest absolute Gasteiger partial charge is 0.138 e. The van der Waals surface area contributed by atoms with E-state index in [1.807, 2.05) is 26.4 Å². The van der Waals surface area contributed by atoms with Crippen LogP contribution in [0.4, 0.5) is 0 Å². The first kappa shape index (κ1) is 22.6. The predicted molar refractivity (Wildman–Crippen MR) is 131 cm³/mol. The summed E-state index contributed by atoms with van der Waals surface area (Å²) in [4.78, 5) is 0. The maximum Gasteiger partial charge on any atom is 0.138 e. The van der Waals surface area contributed by atoms with Gasteiger partial charge >= 0.3 is 0 Å². The summed E-state index contributed by atoms with van der Waals surface area (Å²) >= 11 is 0. The van der Waals surface area contributed by atoms with Gasteiger partial charge in [0.25, 0.3) is 0 Å². The average molecular weight is 441 g/mol. The van der Waals surface area contributed by atoms with Gasteiger partial charge < -0.3 is 14.6 Å². The normalized spacial score (nSPS) is 18.3. The third-order valence-electron chi connectivity index (χ3n) is 7.16. The zero-order valence-electron chi connectivity index (χ0n) is 19.1. The van der Waals surface area contributed by atoms with E-state index in [2.05, 4.69) is 24.3 Å². The van der Waals surface area contributed by atoms with E-state index in [-0.39, 0.29) is 14.5 Å². The highest BCUT2D eigenvalue weighted by atomic mass is 31.1. The van der Waals surface area contributed by atoms with Crippen LogP contribution >= 0.6 is 7.92 Å². The minimum absolute atomic E-state index is 0.0694. The van der Waals surface area contributed by atoms with E-state index < -0.39 is 0 Å². The van der Waals surface area contributed by atoms with E-state index in [1.165, 1.54) is 69.5 Å². The Morgan fingerprint density at radius 3 is 1.84 bits per heavy atom. The molecule has 2 aliphatic rings. The molecule has 0 heterocycles. The van der Waals surface area contributed by atoms with E-state index in [0.29, 0.717) is 0 Å². The first-order valence-electron chi connectivity index (χ1n) is 12.0. The minimum atomic E-state index is -0.351. The molecule has 0 aromatic heterocycles. The molecule has 1 N–H and O–H groups in total. The van der Waals surface area contributed by atoms with Crippen LogP contribution in [0.15, 0.2) is 36.4 Å². The molecule has 0 bridgehead atoms. The molecule has 3 nitrogen and oxygen atoms in total. The van der Waals surface area contributed by atoms with E-state index in [0.717, 1.165) is 39.5 Å². The predicted octanol–water partition coefficient (Wildman–Crippen LogP) is 6.64. The van der Waals surface area contributed by atoms with Gasteiger partial charge in [0, 0.05) is 5.56 Å². The van der Waals surface area contributed by atoms with Crippen molar-refractivity contribution in [2.45, 2.75) is 82.1 Å². The molecular formula is C27H37O3P. The van der Waals surface area contributed by atoms with Gasteiger partial charge in [-0.1, -0.05) is 70.7 Å². The summed E-state index contributed by atoms with van der Waals surface area (Å²) in [5.41, 5.74) is 4.77. The van der Waals surface area contributed by atoms with Crippen molar-refractivity contribution in [1.82, 2.24) is 0 Å². The van der Waals surface area contributed by atoms with Crippen molar-refractivity contribution in [1.29, 1.82) is 0 Å². The second-order valence-corrected chi connectivity index (χ2v) is 11.8. The van der Waals surface area contributed by atoms with Crippen molar-refractivity contribution in [3.05, 3.63) is 42.0 Å². The lowest BCUT2D eigenvalue weighted by Crippen LogP contribution is -2.28. The zero-order chi connectivity index (χ0) is 21.6. The van der Waals surface area contributed by atoms with Gasteiger partial charge in [0.1, 0.15) is 11.5 Å². The molecule has 2 fully saturated rings. The number of hydrogen-bond acceptors (Lipinski definition) is 3. The monoisotopic (exact) mass is 440 g/mol. The van der Waals surface area contributed by atoms with Crippen LogP contribution in [0.2, 0.25) is 0 Å². The van der Waals surface area contributed by atoms with Crippen LogP contribution in [-0.2, 0) is 6.61 Å². The maximum atomic E-state index is 9.43. The van der Waals surface area contributed by atoms with E-state index >= 15 is 0 Å². The molecule has 0 spiro atoms. The lowest BCUT2D eigenvalue weighted by Gasteiger charge is -2.40. The van der Waals surface area contributed by atoms with Crippen molar-refractivity contribution in [3.63, 3.8) is 0 Å². The first-order chi connectivity index (χ1) is 15.3. The molecule has 0 unspecified atom stereocenters. The Balaban J connectivity index is 1.83. The van der Waals surface area contributed by atoms with Gasteiger partial charge in [0.15, 0.2) is 0 Å². The van der Waals surface area contributed by atoms with Crippen molar-refractivity contribution >= 4 is 13.2 Å². The number of benzene rings is 2. The second-order valence-electron chi connectivity index (χ2n) is 9.04. The molecule has 2 aromatic rings. The fraction of sp³-hybridized carbons (Fsp3) is 0.556. The standard InChI is InChI=1S/C27H37O3P/c1-29-25-18-17-24(21-15-13-20(19-28)14-16-21)26(30-2)27(25)31(22-9-5-3-6-10-22)23-11-7-4-8-12-23/h13-18,22-23,28H,3-12,19H2,1-2H3. The lowest BCUT2D eigenvalue weighted by atomic mass is 9.99. The molecule has 4 rings (SSSR count). The third-order valence-corrected chi connectivity index (χ3v) is 10.7. The van der Waals surface area contributed by atoms with Crippen LogP contribution in [0.25, 0.3) is 11.1 Å². The third kappa shape index (κ3) is 4.94. The Kier molecular flexibility index (Phi) is 7.91. The lowest BCUT2D eigenvalue weighted by molar-refractivity contribution is 0.282. The van der Waals surface area contributed by atoms with Gasteiger partial charge in [-0.05, 0) is 60.3 Å². The quantitative estimate of drug-likeness (QED) is 0.491. The summed E-state index contributed by atoms with van der Waals surface area (Å²) in [5.74, 6) is 2.02. The van der Waals surface area contributed by atoms with Crippen molar-refractivity contribution in [2.75, 3.05) is 14.2 Å². The molecule has 0 aliphatic heterocycles. The van der Waals surface area contributed by atoms with Gasteiger partial charge in [0.05, 0.1) is 26.1 Å².